The molecule has 0 spiro atoms. The van der Waals surface area contributed by atoms with Gasteiger partial charge in [0, 0.05) is 6.20 Å². The highest BCUT2D eigenvalue weighted by molar-refractivity contribution is 5.33. The van der Waals surface area contributed by atoms with E-state index in [0.29, 0.717) is 6.54 Å². The number of aliphatic imine (C=N–C) groups is 1. The van der Waals surface area contributed by atoms with Gasteiger partial charge in [-0.2, -0.15) is 4.99 Å². The summed E-state index contributed by atoms with van der Waals surface area (Å²) in [5, 5.41) is 0. The Bertz CT molecular complexity index is 239. The zero-order valence-corrected chi connectivity index (χ0v) is 5.32. The van der Waals surface area contributed by atoms with Crippen LogP contribution in [0.25, 0.3) is 0 Å². The van der Waals surface area contributed by atoms with Gasteiger partial charge in [-0.25, -0.2) is 4.79 Å². The molecule has 50 valence electrons. The molecule has 0 N–H and O–H groups in total. The van der Waals surface area contributed by atoms with Crippen LogP contribution in [-0.4, -0.2) is 11.1 Å². The minimum absolute atomic E-state index is 0.324. The topological polar surface area (TPSA) is 42.3 Å². The van der Waals surface area contributed by atoms with Crippen molar-refractivity contribution < 1.29 is 4.79 Å². The molecule has 0 radical (unpaired) electrons. The van der Waals surface area contributed by atoms with E-state index in [1.165, 1.54) is 6.08 Å². The van der Waals surface area contributed by atoms with Gasteiger partial charge >= 0.3 is 0 Å². The summed E-state index contributed by atoms with van der Waals surface area (Å²) in [6.07, 6.45) is 3.11. The smallest absolute Gasteiger partial charge is 0.235 e. The summed E-state index contributed by atoms with van der Waals surface area (Å²) in [4.78, 5) is 17.0. The number of hydrogen-bond acceptors (Lipinski definition) is 3. The first-order valence-corrected chi connectivity index (χ1v) is 2.87. The molecule has 0 aromatic carbocycles. The zero-order valence-electron chi connectivity index (χ0n) is 5.32. The molecule has 0 atom stereocenters. The molecule has 0 saturated heterocycles. The Kier molecular flexibility index (Phi) is 2.35. The fraction of sp³-hybridized carbons (Fsp3) is 0.143. The minimum Gasteiger partial charge on any atom is -0.259 e. The van der Waals surface area contributed by atoms with Crippen molar-refractivity contribution in [1.82, 2.24) is 4.98 Å². The summed E-state index contributed by atoms with van der Waals surface area (Å²) in [5.41, 5.74) is 0.783. The highest BCUT2D eigenvalue weighted by atomic mass is 16.1. The first-order valence-electron chi connectivity index (χ1n) is 2.87. The maximum atomic E-state index is 9.66. The molecule has 0 amide bonds. The van der Waals surface area contributed by atoms with Crippen molar-refractivity contribution >= 4 is 6.08 Å². The number of nitrogens with zero attached hydrogens (tertiary/aromatic N) is 2. The molecule has 1 rings (SSSR count). The molecule has 0 aliphatic rings. The Morgan fingerprint density at radius 1 is 1.60 bits per heavy atom. The molecule has 0 aliphatic heterocycles. The second-order valence-electron chi connectivity index (χ2n) is 1.73. The van der Waals surface area contributed by atoms with Crippen LogP contribution in [0.2, 0.25) is 0 Å². The van der Waals surface area contributed by atoms with Crippen LogP contribution in [0.1, 0.15) is 5.69 Å². The average molecular weight is 134 g/mol. The van der Waals surface area contributed by atoms with Crippen molar-refractivity contribution in [3.05, 3.63) is 30.1 Å². The predicted molar refractivity (Wildman–Crippen MR) is 36.1 cm³/mol. The fourth-order valence-corrected chi connectivity index (χ4v) is 0.605. The molecule has 3 nitrogen and oxygen atoms in total. The Morgan fingerprint density at radius 2 is 2.50 bits per heavy atom. The molecule has 0 fully saturated rings. The van der Waals surface area contributed by atoms with Crippen molar-refractivity contribution in [2.24, 2.45) is 4.99 Å². The lowest BCUT2D eigenvalue weighted by molar-refractivity contribution is 0.562. The van der Waals surface area contributed by atoms with Crippen molar-refractivity contribution in [3.8, 4) is 0 Å². The summed E-state index contributed by atoms with van der Waals surface area (Å²) in [6, 6.07) is 5.47. The lowest BCUT2D eigenvalue weighted by Gasteiger charge is -1.88. The Balaban J connectivity index is 2.67. The third-order valence-electron chi connectivity index (χ3n) is 1.03. The van der Waals surface area contributed by atoms with E-state index in [0.717, 1.165) is 5.69 Å². The van der Waals surface area contributed by atoms with Crippen LogP contribution in [0.4, 0.5) is 0 Å². The van der Waals surface area contributed by atoms with Gasteiger partial charge in [0.2, 0.25) is 6.08 Å². The number of isocyanates is 1. The third kappa shape index (κ3) is 1.80. The summed E-state index contributed by atoms with van der Waals surface area (Å²) in [6.45, 7) is 0.324. The van der Waals surface area contributed by atoms with Crippen LogP contribution in [0.5, 0.6) is 0 Å². The van der Waals surface area contributed by atoms with Gasteiger partial charge in [0.15, 0.2) is 0 Å². The van der Waals surface area contributed by atoms with Crippen LogP contribution < -0.4 is 0 Å². The molecule has 0 saturated carbocycles. The van der Waals surface area contributed by atoms with Gasteiger partial charge in [-0.15, -0.1) is 0 Å². The number of aromatic nitrogens is 1. The normalized spacial score (nSPS) is 8.40. The third-order valence-corrected chi connectivity index (χ3v) is 1.03. The molecule has 3 heteroatoms. The molecule has 0 bridgehead atoms. The van der Waals surface area contributed by atoms with E-state index in [9.17, 15) is 4.79 Å². The maximum Gasteiger partial charge on any atom is 0.235 e. The Labute approximate surface area is 58.4 Å². The van der Waals surface area contributed by atoms with E-state index in [1.807, 2.05) is 12.1 Å². The highest BCUT2D eigenvalue weighted by Crippen LogP contribution is 1.93. The van der Waals surface area contributed by atoms with E-state index >= 15 is 0 Å². The molecule has 1 heterocycles. The van der Waals surface area contributed by atoms with E-state index < -0.39 is 0 Å². The standard InChI is InChI=1S/C7H6N2O/c10-6-8-5-7-3-1-2-4-9-7/h1-4H,5H2. The lowest BCUT2D eigenvalue weighted by Crippen LogP contribution is -1.83. The van der Waals surface area contributed by atoms with Crippen molar-refractivity contribution in [2.75, 3.05) is 0 Å². The van der Waals surface area contributed by atoms with E-state index in [1.54, 1.807) is 12.3 Å². The van der Waals surface area contributed by atoms with Crippen molar-refractivity contribution in [3.63, 3.8) is 0 Å². The quantitative estimate of drug-likeness (QED) is 0.445. The van der Waals surface area contributed by atoms with Crippen LogP contribution in [0.15, 0.2) is 29.4 Å². The van der Waals surface area contributed by atoms with Crippen molar-refractivity contribution in [2.45, 2.75) is 6.54 Å². The summed E-state index contributed by atoms with van der Waals surface area (Å²) in [7, 11) is 0. The molecule has 0 aliphatic carbocycles. The Morgan fingerprint density at radius 3 is 3.10 bits per heavy atom. The number of hydrogen-bond donors (Lipinski definition) is 0. The molecular weight excluding hydrogens is 128 g/mol. The van der Waals surface area contributed by atoms with Gasteiger partial charge in [-0.3, -0.25) is 4.98 Å². The fourth-order valence-electron chi connectivity index (χ4n) is 0.605. The van der Waals surface area contributed by atoms with Crippen LogP contribution in [0, 0.1) is 0 Å². The van der Waals surface area contributed by atoms with Crippen LogP contribution in [-0.2, 0) is 11.3 Å². The monoisotopic (exact) mass is 134 g/mol. The summed E-state index contributed by atoms with van der Waals surface area (Å²) < 4.78 is 0. The van der Waals surface area contributed by atoms with E-state index in [2.05, 4.69) is 9.98 Å². The molecule has 1 aromatic heterocycles. The van der Waals surface area contributed by atoms with Gasteiger partial charge in [0.25, 0.3) is 0 Å². The highest BCUT2D eigenvalue weighted by Gasteiger charge is 1.86. The van der Waals surface area contributed by atoms with Crippen LogP contribution >= 0.6 is 0 Å². The Hall–Kier alpha value is -1.47. The minimum atomic E-state index is 0.324. The van der Waals surface area contributed by atoms with Gasteiger partial charge in [0.1, 0.15) is 0 Å². The molecule has 1 aromatic rings. The van der Waals surface area contributed by atoms with Gasteiger partial charge in [0.05, 0.1) is 12.2 Å². The van der Waals surface area contributed by atoms with Gasteiger partial charge in [-0.05, 0) is 12.1 Å². The molecular formula is C7H6N2O. The molecule has 0 unspecified atom stereocenters. The average Bonchev–Trinajstić information content (AvgIpc) is 2.03. The van der Waals surface area contributed by atoms with E-state index in [-0.39, 0.29) is 0 Å². The maximum absolute atomic E-state index is 9.66. The second kappa shape index (κ2) is 3.54. The zero-order chi connectivity index (χ0) is 7.23. The summed E-state index contributed by atoms with van der Waals surface area (Å²) >= 11 is 0. The largest absolute Gasteiger partial charge is 0.259 e. The first kappa shape index (κ1) is 6.65. The lowest BCUT2D eigenvalue weighted by atomic mass is 10.4. The van der Waals surface area contributed by atoms with Gasteiger partial charge < -0.3 is 0 Å². The second-order valence-corrected chi connectivity index (χ2v) is 1.73. The van der Waals surface area contributed by atoms with E-state index in [4.69, 9.17) is 0 Å². The predicted octanol–water partition coefficient (Wildman–Crippen LogP) is 0.917. The number of pyridine rings is 1. The molecule has 10 heavy (non-hydrogen) atoms. The number of carbonyl (C=O) groups excluding carboxylic acids is 1. The van der Waals surface area contributed by atoms with Gasteiger partial charge in [-0.1, -0.05) is 6.07 Å². The van der Waals surface area contributed by atoms with Crippen molar-refractivity contribution in [1.29, 1.82) is 0 Å². The number of rotatable bonds is 2. The first-order chi connectivity index (χ1) is 4.93. The SMILES string of the molecule is O=C=NCc1ccccn1. The summed E-state index contributed by atoms with van der Waals surface area (Å²) in [5.74, 6) is 0. The van der Waals surface area contributed by atoms with Crippen LogP contribution in [0.3, 0.4) is 0 Å².